The molecule has 3 atom stereocenters. The summed E-state index contributed by atoms with van der Waals surface area (Å²) in [5, 5.41) is 0. The third-order valence-corrected chi connectivity index (χ3v) is 11.3. The van der Waals surface area contributed by atoms with E-state index in [1.165, 1.54) is 180 Å². The number of unbranched alkanes of at least 4 members (excludes halogenated alkanes) is 17. The molecule has 3 nitrogen and oxygen atoms in total. The first-order chi connectivity index (χ1) is 24.1. The fraction of sp³-hybridized carbons (Fsp3) is 0.870. The van der Waals surface area contributed by atoms with E-state index < -0.39 is 0 Å². The van der Waals surface area contributed by atoms with Gasteiger partial charge in [-0.25, -0.2) is 0 Å². The van der Waals surface area contributed by atoms with Crippen LogP contribution in [0.5, 0.6) is 0 Å². The highest BCUT2D eigenvalue weighted by molar-refractivity contribution is 4.92. The van der Waals surface area contributed by atoms with Crippen molar-refractivity contribution in [3.63, 3.8) is 0 Å². The Bertz CT molecular complexity index is 812. The highest BCUT2D eigenvalue weighted by Crippen LogP contribution is 2.37. The Morgan fingerprint density at radius 1 is 0.633 bits per heavy atom. The Morgan fingerprint density at radius 3 is 1.73 bits per heavy atom. The SMILES string of the molecule is CCCCC/C=C\C/C=C\CCCCCCCCC1(CCCCCCCCC(C)C/C=C\CCCCC)OCC(CC2CCN(C)CC2)O1. The van der Waals surface area contributed by atoms with Gasteiger partial charge in [-0.1, -0.05) is 147 Å². The predicted molar refractivity (Wildman–Crippen MR) is 216 cm³/mol. The number of nitrogens with zero attached hydrogens (tertiary/aromatic N) is 1. The van der Waals surface area contributed by atoms with Crippen LogP contribution in [0.4, 0.5) is 0 Å². The molecule has 286 valence electrons. The van der Waals surface area contributed by atoms with Crippen LogP contribution in [0.1, 0.15) is 207 Å². The largest absolute Gasteiger partial charge is 0.347 e. The van der Waals surface area contributed by atoms with E-state index in [-0.39, 0.29) is 5.79 Å². The molecule has 2 saturated heterocycles. The summed E-state index contributed by atoms with van der Waals surface area (Å²) in [6.07, 6.45) is 52.4. The number of ether oxygens (including phenoxy) is 2. The van der Waals surface area contributed by atoms with Crippen LogP contribution < -0.4 is 0 Å². The average Bonchev–Trinajstić information content (AvgIpc) is 3.50. The Morgan fingerprint density at radius 2 is 1.14 bits per heavy atom. The van der Waals surface area contributed by atoms with Gasteiger partial charge in [0.25, 0.3) is 0 Å². The summed E-state index contributed by atoms with van der Waals surface area (Å²) >= 11 is 0. The monoisotopic (exact) mass is 684 g/mol. The quantitative estimate of drug-likeness (QED) is 0.0520. The molecule has 0 amide bonds. The summed E-state index contributed by atoms with van der Waals surface area (Å²) in [5.41, 5.74) is 0. The fourth-order valence-corrected chi connectivity index (χ4v) is 7.84. The number of piperidine rings is 1. The number of hydrogen-bond acceptors (Lipinski definition) is 3. The minimum atomic E-state index is -0.301. The van der Waals surface area contributed by atoms with Crippen molar-refractivity contribution in [2.75, 3.05) is 26.7 Å². The second-order valence-electron chi connectivity index (χ2n) is 16.2. The summed E-state index contributed by atoms with van der Waals surface area (Å²) in [6.45, 7) is 10.3. The maximum absolute atomic E-state index is 6.88. The molecular formula is C46H85NO2. The van der Waals surface area contributed by atoms with Crippen LogP contribution in [0.15, 0.2) is 36.5 Å². The van der Waals surface area contributed by atoms with Gasteiger partial charge in [0.05, 0.1) is 12.7 Å². The number of likely N-dealkylation sites (tertiary alicyclic amines) is 1. The van der Waals surface area contributed by atoms with Crippen molar-refractivity contribution in [2.45, 2.75) is 219 Å². The molecule has 49 heavy (non-hydrogen) atoms. The summed E-state index contributed by atoms with van der Waals surface area (Å²) in [6, 6.07) is 0. The fourth-order valence-electron chi connectivity index (χ4n) is 7.84. The van der Waals surface area contributed by atoms with Crippen molar-refractivity contribution in [3.8, 4) is 0 Å². The number of hydrogen-bond donors (Lipinski definition) is 0. The third kappa shape index (κ3) is 24.1. The molecule has 0 radical (unpaired) electrons. The van der Waals surface area contributed by atoms with Gasteiger partial charge in [0.15, 0.2) is 5.79 Å². The molecule has 3 unspecified atom stereocenters. The zero-order valence-corrected chi connectivity index (χ0v) is 33.6. The van der Waals surface area contributed by atoms with E-state index in [1.54, 1.807) is 0 Å². The first-order valence-corrected chi connectivity index (χ1v) is 22.0. The Kier molecular flexibility index (Phi) is 27.7. The molecule has 3 heteroatoms. The molecule has 0 aromatic carbocycles. The second-order valence-corrected chi connectivity index (χ2v) is 16.2. The third-order valence-electron chi connectivity index (χ3n) is 11.3. The molecule has 2 heterocycles. The Balaban J connectivity index is 1.59. The zero-order valence-electron chi connectivity index (χ0n) is 33.6. The van der Waals surface area contributed by atoms with Crippen LogP contribution in [0, 0.1) is 11.8 Å². The summed E-state index contributed by atoms with van der Waals surface area (Å²) < 4.78 is 13.5. The smallest absolute Gasteiger partial charge is 0.168 e. The van der Waals surface area contributed by atoms with E-state index in [9.17, 15) is 0 Å². The molecule has 0 N–H and O–H groups in total. The van der Waals surface area contributed by atoms with Crippen molar-refractivity contribution >= 4 is 0 Å². The van der Waals surface area contributed by atoms with E-state index in [2.05, 4.69) is 69.2 Å². The normalized spacial score (nSPS) is 21.7. The standard InChI is InChI=1S/C46H85NO2/c1-5-7-9-11-13-14-15-16-17-18-19-20-21-23-27-31-37-46(48-42-45(49-46)41-44-35-39-47(4)40-36-44)38-32-28-24-22-26-30-34-43(3)33-29-25-12-10-8-6-2/h13-14,16-17,25,29,43-45H,5-12,15,18-24,26-28,30-42H2,1-4H3/b14-13-,17-16-,29-25-. The average molecular weight is 684 g/mol. The Hall–Kier alpha value is -0.900. The first kappa shape index (κ1) is 44.3. The van der Waals surface area contributed by atoms with E-state index in [4.69, 9.17) is 9.47 Å². The van der Waals surface area contributed by atoms with Gasteiger partial charge in [-0.05, 0) is 115 Å². The van der Waals surface area contributed by atoms with Gasteiger partial charge in [0.2, 0.25) is 0 Å². The molecule has 0 saturated carbocycles. The van der Waals surface area contributed by atoms with Gasteiger partial charge in [-0.15, -0.1) is 0 Å². The molecule has 0 bridgehead atoms. The highest BCUT2D eigenvalue weighted by atomic mass is 16.7. The number of allylic oxidation sites excluding steroid dienone is 6. The minimum Gasteiger partial charge on any atom is -0.347 e. The van der Waals surface area contributed by atoms with E-state index in [0.717, 1.165) is 37.7 Å². The van der Waals surface area contributed by atoms with E-state index >= 15 is 0 Å². The van der Waals surface area contributed by atoms with Gasteiger partial charge in [0.1, 0.15) is 0 Å². The second kappa shape index (κ2) is 30.7. The van der Waals surface area contributed by atoms with Crippen LogP contribution >= 0.6 is 0 Å². The topological polar surface area (TPSA) is 21.7 Å². The highest BCUT2D eigenvalue weighted by Gasteiger charge is 2.41. The molecular weight excluding hydrogens is 599 g/mol. The summed E-state index contributed by atoms with van der Waals surface area (Å²) in [4.78, 5) is 2.48. The van der Waals surface area contributed by atoms with E-state index in [1.807, 2.05) is 0 Å². The molecule has 0 aromatic rings. The van der Waals surface area contributed by atoms with Crippen molar-refractivity contribution < 1.29 is 9.47 Å². The minimum absolute atomic E-state index is 0.301. The van der Waals surface area contributed by atoms with Crippen molar-refractivity contribution in [1.29, 1.82) is 0 Å². The molecule has 0 spiro atoms. The van der Waals surface area contributed by atoms with Crippen LogP contribution in [-0.4, -0.2) is 43.5 Å². The molecule has 0 aliphatic carbocycles. The van der Waals surface area contributed by atoms with Crippen molar-refractivity contribution in [2.24, 2.45) is 11.8 Å². The Labute approximate surface area is 307 Å². The molecule has 2 rings (SSSR count). The van der Waals surface area contributed by atoms with Crippen molar-refractivity contribution in [3.05, 3.63) is 36.5 Å². The number of rotatable bonds is 32. The van der Waals surface area contributed by atoms with Crippen LogP contribution in [-0.2, 0) is 9.47 Å². The van der Waals surface area contributed by atoms with Gasteiger partial charge in [0, 0.05) is 12.8 Å². The molecule has 2 fully saturated rings. The van der Waals surface area contributed by atoms with Crippen LogP contribution in [0.25, 0.3) is 0 Å². The summed E-state index contributed by atoms with van der Waals surface area (Å²) in [7, 11) is 2.26. The van der Waals surface area contributed by atoms with E-state index in [0.29, 0.717) is 6.10 Å². The summed E-state index contributed by atoms with van der Waals surface area (Å²) in [5.74, 6) is 1.35. The van der Waals surface area contributed by atoms with Gasteiger partial charge < -0.3 is 14.4 Å². The lowest BCUT2D eigenvalue weighted by Gasteiger charge is -2.31. The lowest BCUT2D eigenvalue weighted by atomic mass is 9.91. The maximum atomic E-state index is 6.88. The van der Waals surface area contributed by atoms with Gasteiger partial charge >= 0.3 is 0 Å². The van der Waals surface area contributed by atoms with Gasteiger partial charge in [-0.3, -0.25) is 0 Å². The first-order valence-electron chi connectivity index (χ1n) is 22.0. The molecule has 2 aliphatic rings. The lowest BCUT2D eigenvalue weighted by Crippen LogP contribution is -2.33. The maximum Gasteiger partial charge on any atom is 0.168 e. The van der Waals surface area contributed by atoms with Crippen molar-refractivity contribution in [1.82, 2.24) is 4.90 Å². The molecule has 0 aromatic heterocycles. The molecule has 2 aliphatic heterocycles. The zero-order chi connectivity index (χ0) is 35.1. The van der Waals surface area contributed by atoms with Gasteiger partial charge in [-0.2, -0.15) is 0 Å². The van der Waals surface area contributed by atoms with Crippen LogP contribution in [0.2, 0.25) is 0 Å². The lowest BCUT2D eigenvalue weighted by molar-refractivity contribution is -0.181. The van der Waals surface area contributed by atoms with Crippen LogP contribution in [0.3, 0.4) is 0 Å². The predicted octanol–water partition coefficient (Wildman–Crippen LogP) is 14.3.